The summed E-state index contributed by atoms with van der Waals surface area (Å²) < 4.78 is 3.35. The Morgan fingerprint density at radius 3 is 2.82 bits per heavy atom. The number of aromatic nitrogens is 2. The average molecular weight is 395 g/mol. The molecule has 0 N–H and O–H groups in total. The summed E-state index contributed by atoms with van der Waals surface area (Å²) in [6.07, 6.45) is 1.18. The first-order valence-corrected chi connectivity index (χ1v) is 10.8. The first kappa shape index (κ1) is 18.0. The molecule has 2 bridgehead atoms. The maximum Gasteiger partial charge on any atom is 0.251 e. The maximum absolute atomic E-state index is 12.7. The summed E-state index contributed by atoms with van der Waals surface area (Å²) in [5.74, 6) is 0.934. The van der Waals surface area contributed by atoms with Gasteiger partial charge in [0.2, 0.25) is 0 Å². The van der Waals surface area contributed by atoms with Crippen LogP contribution in [0.5, 0.6) is 0 Å². The molecule has 4 heterocycles. The van der Waals surface area contributed by atoms with E-state index in [2.05, 4.69) is 58.8 Å². The van der Waals surface area contributed by atoms with Gasteiger partial charge in [0.1, 0.15) is 5.01 Å². The first-order chi connectivity index (χ1) is 13.6. The zero-order valence-corrected chi connectivity index (χ0v) is 17.2. The van der Waals surface area contributed by atoms with Crippen LogP contribution < -0.4 is 5.56 Å². The van der Waals surface area contributed by atoms with Crippen molar-refractivity contribution in [2.24, 2.45) is 5.92 Å². The molecule has 2 aromatic heterocycles. The zero-order valence-electron chi connectivity index (χ0n) is 16.4. The molecule has 0 aliphatic carbocycles. The Morgan fingerprint density at radius 1 is 1.14 bits per heavy atom. The van der Waals surface area contributed by atoms with Gasteiger partial charge in [0.25, 0.3) is 5.56 Å². The van der Waals surface area contributed by atoms with E-state index < -0.39 is 0 Å². The van der Waals surface area contributed by atoms with Crippen LogP contribution >= 0.6 is 11.3 Å². The molecule has 0 saturated carbocycles. The molecule has 2 aliphatic rings. The van der Waals surface area contributed by atoms with E-state index in [1.54, 1.807) is 17.4 Å². The molecule has 5 rings (SSSR count). The summed E-state index contributed by atoms with van der Waals surface area (Å²) >= 11 is 1.80. The minimum Gasteiger partial charge on any atom is -0.308 e. The number of piperidine rings is 1. The lowest BCUT2D eigenvalue weighted by atomic mass is 9.78. The van der Waals surface area contributed by atoms with Gasteiger partial charge in [-0.1, -0.05) is 18.2 Å². The predicted molar refractivity (Wildman–Crippen MR) is 114 cm³/mol. The van der Waals surface area contributed by atoms with Crippen LogP contribution in [0.3, 0.4) is 0 Å². The van der Waals surface area contributed by atoms with Gasteiger partial charge < -0.3 is 9.47 Å². The van der Waals surface area contributed by atoms with Crippen LogP contribution in [-0.4, -0.2) is 53.1 Å². The van der Waals surface area contributed by atoms with E-state index in [1.165, 1.54) is 21.8 Å². The highest BCUT2D eigenvalue weighted by atomic mass is 32.1. The third kappa shape index (κ3) is 3.19. The van der Waals surface area contributed by atoms with Crippen LogP contribution in [0, 0.1) is 5.92 Å². The fraction of sp³-hybridized carbons (Fsp3) is 0.455. The van der Waals surface area contributed by atoms with Gasteiger partial charge in [0, 0.05) is 37.3 Å². The normalized spacial score (nSPS) is 24.6. The molecule has 1 fully saturated rings. The molecule has 3 aromatic rings. The van der Waals surface area contributed by atoms with Crippen LogP contribution in [0.2, 0.25) is 0 Å². The quantitative estimate of drug-likeness (QED) is 0.682. The molecule has 3 atom stereocenters. The standard InChI is InChI=1S/C22H26N4OS/c1-24(2)13-19-16-10-15(18-7-5-9-22(27)26(18)19)11-25(12-16)14-21-23-17-6-3-4-8-20(17)28-21/h3-9,15-16,19H,10-14H2,1-2H3/t15-,16+,19+/m1/s1. The number of likely N-dealkylation sites (tertiary alicyclic amines) is 1. The summed E-state index contributed by atoms with van der Waals surface area (Å²) in [4.78, 5) is 22.3. The Kier molecular flexibility index (Phi) is 4.57. The van der Waals surface area contributed by atoms with Crippen molar-refractivity contribution in [1.29, 1.82) is 0 Å². The molecule has 0 amide bonds. The van der Waals surface area contributed by atoms with Gasteiger partial charge in [0.15, 0.2) is 0 Å². The summed E-state index contributed by atoms with van der Waals surface area (Å²) in [6, 6.07) is 14.4. The van der Waals surface area contributed by atoms with E-state index in [1.807, 2.05) is 6.07 Å². The van der Waals surface area contributed by atoms with Crippen LogP contribution in [0.15, 0.2) is 47.3 Å². The average Bonchev–Trinajstić information content (AvgIpc) is 3.07. The SMILES string of the molecule is CN(C)C[C@H]1[C@H]2C[C@H](CN(Cc3nc4ccccc4s3)C2)c2cccc(=O)n21. The highest BCUT2D eigenvalue weighted by Gasteiger charge is 2.40. The minimum atomic E-state index is 0.152. The Bertz CT molecular complexity index is 1020. The maximum atomic E-state index is 12.7. The van der Waals surface area contributed by atoms with Crippen LogP contribution in [0.25, 0.3) is 10.2 Å². The number of fused-ring (bicyclic) bond motifs is 5. The monoisotopic (exact) mass is 394 g/mol. The van der Waals surface area contributed by atoms with E-state index in [9.17, 15) is 4.79 Å². The number of rotatable bonds is 4. The lowest BCUT2D eigenvalue weighted by molar-refractivity contribution is 0.0743. The molecule has 2 aliphatic heterocycles. The van der Waals surface area contributed by atoms with E-state index >= 15 is 0 Å². The third-order valence-electron chi connectivity index (χ3n) is 6.12. The summed E-state index contributed by atoms with van der Waals surface area (Å²) in [5.41, 5.74) is 2.46. The van der Waals surface area contributed by atoms with Crippen molar-refractivity contribution in [3.05, 3.63) is 63.5 Å². The Hall–Kier alpha value is -2.02. The molecule has 0 spiro atoms. The molecule has 1 saturated heterocycles. The molecule has 146 valence electrons. The van der Waals surface area contributed by atoms with Gasteiger partial charge in [-0.2, -0.15) is 0 Å². The van der Waals surface area contributed by atoms with Crippen LogP contribution in [0.1, 0.15) is 29.1 Å². The van der Waals surface area contributed by atoms with Crippen molar-refractivity contribution in [2.75, 3.05) is 33.7 Å². The predicted octanol–water partition coefficient (Wildman–Crippen LogP) is 3.18. The second kappa shape index (κ2) is 7.10. The first-order valence-electron chi connectivity index (χ1n) is 10.0. The number of pyridine rings is 1. The number of benzene rings is 1. The summed E-state index contributed by atoms with van der Waals surface area (Å²) in [5, 5.41) is 1.19. The van der Waals surface area contributed by atoms with Crippen LogP contribution in [0.4, 0.5) is 0 Å². The van der Waals surface area contributed by atoms with Gasteiger partial charge in [-0.05, 0) is 44.6 Å². The Morgan fingerprint density at radius 2 is 2.00 bits per heavy atom. The zero-order chi connectivity index (χ0) is 19.3. The van der Waals surface area contributed by atoms with E-state index in [0.717, 1.165) is 31.7 Å². The van der Waals surface area contributed by atoms with Gasteiger partial charge >= 0.3 is 0 Å². The molecule has 1 aromatic carbocycles. The molecule has 6 heteroatoms. The minimum absolute atomic E-state index is 0.152. The van der Waals surface area contributed by atoms with Gasteiger partial charge in [-0.25, -0.2) is 4.98 Å². The van der Waals surface area contributed by atoms with E-state index in [-0.39, 0.29) is 11.6 Å². The summed E-state index contributed by atoms with van der Waals surface area (Å²) in [6.45, 7) is 3.84. The highest BCUT2D eigenvalue weighted by molar-refractivity contribution is 7.18. The number of likely N-dealkylation sites (N-methyl/N-ethyl adjacent to an activating group) is 1. The molecule has 0 radical (unpaired) electrons. The van der Waals surface area contributed by atoms with Gasteiger partial charge in [-0.3, -0.25) is 9.69 Å². The molecular formula is C22H26N4OS. The highest BCUT2D eigenvalue weighted by Crippen LogP contribution is 2.41. The lowest BCUT2D eigenvalue weighted by Crippen LogP contribution is -2.51. The fourth-order valence-electron chi connectivity index (χ4n) is 5.05. The van der Waals surface area contributed by atoms with Gasteiger partial charge in [0.05, 0.1) is 22.8 Å². The molecule has 28 heavy (non-hydrogen) atoms. The Balaban J connectivity index is 1.45. The number of para-hydroxylation sites is 1. The summed E-state index contributed by atoms with van der Waals surface area (Å²) in [7, 11) is 4.20. The van der Waals surface area contributed by atoms with E-state index in [4.69, 9.17) is 4.98 Å². The fourth-order valence-corrected chi connectivity index (χ4v) is 6.06. The van der Waals surface area contributed by atoms with Gasteiger partial charge in [-0.15, -0.1) is 11.3 Å². The number of hydrogen-bond donors (Lipinski definition) is 0. The number of hydrogen-bond acceptors (Lipinski definition) is 5. The van der Waals surface area contributed by atoms with Crippen molar-refractivity contribution in [3.63, 3.8) is 0 Å². The second-order valence-electron chi connectivity index (χ2n) is 8.45. The smallest absolute Gasteiger partial charge is 0.251 e. The topological polar surface area (TPSA) is 41.4 Å². The molecule has 5 nitrogen and oxygen atoms in total. The largest absolute Gasteiger partial charge is 0.308 e. The molecular weight excluding hydrogens is 368 g/mol. The number of thiazole rings is 1. The van der Waals surface area contributed by atoms with Crippen molar-refractivity contribution in [3.8, 4) is 0 Å². The third-order valence-corrected chi connectivity index (χ3v) is 7.14. The second-order valence-corrected chi connectivity index (χ2v) is 9.57. The Labute approximate surface area is 169 Å². The van der Waals surface area contributed by atoms with Crippen molar-refractivity contribution in [1.82, 2.24) is 19.4 Å². The van der Waals surface area contributed by atoms with Crippen molar-refractivity contribution >= 4 is 21.6 Å². The molecule has 0 unspecified atom stereocenters. The lowest BCUT2D eigenvalue weighted by Gasteiger charge is -2.47. The van der Waals surface area contributed by atoms with Crippen molar-refractivity contribution in [2.45, 2.75) is 24.9 Å². The van der Waals surface area contributed by atoms with Crippen LogP contribution in [-0.2, 0) is 6.54 Å². The van der Waals surface area contributed by atoms with Crippen molar-refractivity contribution < 1.29 is 0 Å². The number of nitrogens with zero attached hydrogens (tertiary/aromatic N) is 4. The van der Waals surface area contributed by atoms with E-state index in [0.29, 0.717) is 11.8 Å².